The predicted molar refractivity (Wildman–Crippen MR) is 120 cm³/mol. The maximum Gasteiger partial charge on any atom is 0.353 e. The fourth-order valence-corrected chi connectivity index (χ4v) is 6.39. The lowest BCUT2D eigenvalue weighted by Gasteiger charge is -2.46. The lowest BCUT2D eigenvalue weighted by molar-refractivity contribution is -0.163. The summed E-state index contributed by atoms with van der Waals surface area (Å²) in [6.45, 7) is 3.75. The van der Waals surface area contributed by atoms with E-state index in [1.165, 1.54) is 28.5 Å². The third-order valence-corrected chi connectivity index (χ3v) is 8.12. The predicted octanol–water partition coefficient (Wildman–Crippen LogP) is 2.16. The van der Waals surface area contributed by atoms with Gasteiger partial charge in [0, 0.05) is 29.2 Å². The molecule has 2 saturated heterocycles. The Morgan fingerprint density at radius 2 is 1.89 bits per heavy atom. The summed E-state index contributed by atoms with van der Waals surface area (Å²) in [6, 6.07) is 0.524. The number of carboxylic acids is 2. The molecule has 0 spiro atoms. The second-order valence-electron chi connectivity index (χ2n) is 8.77. The number of anilines is 1. The van der Waals surface area contributed by atoms with Crippen molar-refractivity contribution in [2.75, 3.05) is 18.4 Å². The minimum atomic E-state index is -1.80. The molecular weight excluding hydrogens is 488 g/mol. The van der Waals surface area contributed by atoms with Gasteiger partial charge in [-0.3, -0.25) is 4.79 Å². The summed E-state index contributed by atoms with van der Waals surface area (Å²) in [5.74, 6) is -7.12. The van der Waals surface area contributed by atoms with E-state index in [-0.39, 0.29) is 30.0 Å². The molecule has 0 aliphatic carbocycles. The van der Waals surface area contributed by atoms with Crippen LogP contribution in [0.4, 0.5) is 19.3 Å². The second-order valence-corrected chi connectivity index (χ2v) is 10.1. The number of hydrogen-bond acceptors (Lipinski definition) is 6. The smallest absolute Gasteiger partial charge is 0.353 e. The van der Waals surface area contributed by atoms with Crippen molar-refractivity contribution < 1.29 is 43.3 Å². The third kappa shape index (κ3) is 4.12. The first-order valence-corrected chi connectivity index (χ1v) is 11.7. The van der Waals surface area contributed by atoms with E-state index in [0.717, 1.165) is 12.1 Å². The standard InChI is InChI=1S/C22H23F2N3O7S/c1-8-16-13(9(2)28)19(29)27(16)17(21(32)33)18(8)35-10-5-6-26(7-10)22(34)25-12-4-3-11(23)14(15(12)24)20(30)31/h3-4,8-10,13,16,28H,5-7H2,1-2H3,(H,25,34)(H,30,31)(H,32,33)/t8?,9?,10?,13?,16-/m1/s1. The van der Waals surface area contributed by atoms with Crippen LogP contribution in [0, 0.1) is 23.5 Å². The first-order chi connectivity index (χ1) is 16.4. The van der Waals surface area contributed by atoms with Crippen LogP contribution in [0.15, 0.2) is 22.7 Å². The molecule has 188 valence electrons. The molecule has 2 fully saturated rings. The van der Waals surface area contributed by atoms with E-state index in [2.05, 4.69) is 5.32 Å². The Kier molecular flexibility index (Phi) is 6.49. The highest BCUT2D eigenvalue weighted by molar-refractivity contribution is 8.03. The molecule has 10 nitrogen and oxygen atoms in total. The van der Waals surface area contributed by atoms with Gasteiger partial charge in [0.2, 0.25) is 5.91 Å². The van der Waals surface area contributed by atoms with Crippen LogP contribution in [0.3, 0.4) is 0 Å². The molecule has 3 aliphatic rings. The van der Waals surface area contributed by atoms with Crippen molar-refractivity contribution in [2.24, 2.45) is 11.8 Å². The van der Waals surface area contributed by atoms with Gasteiger partial charge in [0.05, 0.1) is 23.8 Å². The van der Waals surface area contributed by atoms with Gasteiger partial charge in [0.15, 0.2) is 5.82 Å². The number of benzene rings is 1. The number of carbonyl (C=O) groups excluding carboxylic acids is 2. The average Bonchev–Trinajstić information content (AvgIpc) is 3.32. The molecule has 4 N–H and O–H groups in total. The number of aliphatic hydroxyl groups excluding tert-OH is 1. The van der Waals surface area contributed by atoms with Gasteiger partial charge in [0.1, 0.15) is 17.1 Å². The van der Waals surface area contributed by atoms with E-state index in [1.54, 1.807) is 6.92 Å². The molecule has 13 heteroatoms. The Labute approximate surface area is 202 Å². The summed E-state index contributed by atoms with van der Waals surface area (Å²) in [5.41, 5.74) is -1.75. The number of aliphatic carboxylic acids is 1. The molecular formula is C22H23F2N3O7S. The van der Waals surface area contributed by atoms with Gasteiger partial charge in [-0.15, -0.1) is 11.8 Å². The molecule has 3 amide bonds. The van der Waals surface area contributed by atoms with Crippen LogP contribution < -0.4 is 5.32 Å². The molecule has 4 unspecified atom stereocenters. The highest BCUT2D eigenvalue weighted by Crippen LogP contribution is 2.51. The van der Waals surface area contributed by atoms with Gasteiger partial charge in [-0.2, -0.15) is 0 Å². The summed E-state index contributed by atoms with van der Waals surface area (Å²) < 4.78 is 28.0. The van der Waals surface area contributed by atoms with Crippen LogP contribution in [0.25, 0.3) is 0 Å². The lowest BCUT2D eigenvalue weighted by atomic mass is 9.79. The number of rotatable bonds is 6. The number of nitrogens with zero attached hydrogens (tertiary/aromatic N) is 2. The van der Waals surface area contributed by atoms with Gasteiger partial charge in [0.25, 0.3) is 0 Å². The fraction of sp³-hybridized carbons (Fsp3) is 0.455. The number of aliphatic hydroxyl groups is 1. The van der Waals surface area contributed by atoms with Crippen LogP contribution in [0.5, 0.6) is 0 Å². The van der Waals surface area contributed by atoms with E-state index in [1.807, 2.05) is 0 Å². The van der Waals surface area contributed by atoms with Crippen LogP contribution in [-0.2, 0) is 9.59 Å². The molecule has 0 radical (unpaired) electrons. The van der Waals surface area contributed by atoms with Gasteiger partial charge in [-0.1, -0.05) is 6.92 Å². The Hall–Kier alpha value is -3.19. The number of urea groups is 1. The number of amides is 3. The number of likely N-dealkylation sites (tertiary alicyclic amines) is 1. The molecule has 1 aromatic carbocycles. The molecule has 4 rings (SSSR count). The Morgan fingerprint density at radius 1 is 1.20 bits per heavy atom. The van der Waals surface area contributed by atoms with Gasteiger partial charge < -0.3 is 30.4 Å². The Balaban J connectivity index is 1.46. The largest absolute Gasteiger partial charge is 0.477 e. The van der Waals surface area contributed by atoms with Crippen molar-refractivity contribution in [1.29, 1.82) is 0 Å². The van der Waals surface area contributed by atoms with Crippen LogP contribution in [-0.4, -0.2) is 79.5 Å². The van der Waals surface area contributed by atoms with Crippen LogP contribution in [0.1, 0.15) is 30.6 Å². The number of β-lactam (4-membered cyclic amide) rings is 1. The lowest BCUT2D eigenvalue weighted by Crippen LogP contribution is -2.63. The second kappa shape index (κ2) is 9.11. The number of carbonyl (C=O) groups is 4. The van der Waals surface area contributed by atoms with Gasteiger partial charge in [-0.05, 0) is 25.5 Å². The first kappa shape index (κ1) is 24.9. The maximum absolute atomic E-state index is 14.4. The van der Waals surface area contributed by atoms with Gasteiger partial charge >= 0.3 is 18.0 Å². The topological polar surface area (TPSA) is 147 Å². The van der Waals surface area contributed by atoms with Crippen molar-refractivity contribution >= 4 is 41.3 Å². The number of fused-ring (bicyclic) bond motifs is 1. The number of hydrogen-bond donors (Lipinski definition) is 4. The Morgan fingerprint density at radius 3 is 2.49 bits per heavy atom. The van der Waals surface area contributed by atoms with Crippen molar-refractivity contribution in [3.8, 4) is 0 Å². The average molecular weight is 512 g/mol. The number of thioether (sulfide) groups is 1. The van der Waals surface area contributed by atoms with Crippen molar-refractivity contribution in [3.05, 3.63) is 39.9 Å². The molecule has 3 aliphatic heterocycles. The van der Waals surface area contributed by atoms with Crippen molar-refractivity contribution in [2.45, 2.75) is 37.7 Å². The summed E-state index contributed by atoms with van der Waals surface area (Å²) >= 11 is 1.26. The number of aromatic carboxylic acids is 1. The monoisotopic (exact) mass is 511 g/mol. The van der Waals surface area contributed by atoms with Crippen LogP contribution >= 0.6 is 11.8 Å². The van der Waals surface area contributed by atoms with E-state index < -0.39 is 64.8 Å². The summed E-state index contributed by atoms with van der Waals surface area (Å²) in [4.78, 5) is 51.2. The minimum absolute atomic E-state index is 0.105. The number of nitrogens with one attached hydrogen (secondary N) is 1. The van der Waals surface area contributed by atoms with Crippen LogP contribution in [0.2, 0.25) is 0 Å². The molecule has 1 aromatic rings. The molecule has 35 heavy (non-hydrogen) atoms. The maximum atomic E-state index is 14.4. The summed E-state index contributed by atoms with van der Waals surface area (Å²) in [5, 5.41) is 30.7. The Bertz CT molecular complexity index is 1160. The summed E-state index contributed by atoms with van der Waals surface area (Å²) in [6.07, 6.45) is -0.420. The highest BCUT2D eigenvalue weighted by Gasteiger charge is 2.60. The molecule has 0 saturated carbocycles. The highest BCUT2D eigenvalue weighted by atomic mass is 32.2. The number of halogens is 2. The minimum Gasteiger partial charge on any atom is -0.477 e. The van der Waals surface area contributed by atoms with Crippen molar-refractivity contribution in [3.63, 3.8) is 0 Å². The van der Waals surface area contributed by atoms with Gasteiger partial charge in [-0.25, -0.2) is 23.2 Å². The zero-order valence-electron chi connectivity index (χ0n) is 18.7. The molecule has 0 aromatic heterocycles. The van der Waals surface area contributed by atoms with Crippen molar-refractivity contribution in [1.82, 2.24) is 9.80 Å². The molecule has 3 heterocycles. The zero-order chi connectivity index (χ0) is 25.8. The quantitative estimate of drug-likeness (QED) is 0.425. The van der Waals surface area contributed by atoms with E-state index in [0.29, 0.717) is 11.3 Å². The van der Waals surface area contributed by atoms with E-state index in [9.17, 15) is 38.2 Å². The normalized spacial score (nSPS) is 26.5. The SMILES string of the molecule is CC(O)C1C(=O)N2C(C(=O)O)=C(SC3CCN(C(=O)Nc4ccc(F)c(C(=O)O)c4F)C3)C(C)[C@H]12. The first-order valence-electron chi connectivity index (χ1n) is 10.9. The third-order valence-electron chi connectivity index (χ3n) is 6.58. The van der Waals surface area contributed by atoms with E-state index in [4.69, 9.17) is 5.11 Å². The molecule has 0 bridgehead atoms. The zero-order valence-corrected chi connectivity index (χ0v) is 19.5. The molecule has 5 atom stereocenters. The number of carboxylic acid groups (broad SMARTS) is 2. The summed E-state index contributed by atoms with van der Waals surface area (Å²) in [7, 11) is 0. The van der Waals surface area contributed by atoms with E-state index >= 15 is 0 Å². The fourth-order valence-electron chi connectivity index (χ4n) is 4.91.